The Morgan fingerprint density at radius 1 is 0.714 bits per heavy atom. The van der Waals surface area contributed by atoms with E-state index in [1.165, 1.54) is 57.8 Å². The van der Waals surface area contributed by atoms with Crippen LogP contribution in [-0.2, 0) is 23.7 Å². The number of carbonyl (C=O) groups is 3. The highest BCUT2D eigenvalue weighted by atomic mass is 16.7. The molecule has 248 valence electrons. The smallest absolute Gasteiger partial charge is 0.462 e. The first-order valence-electron chi connectivity index (χ1n) is 16.4. The predicted molar refractivity (Wildman–Crippen MR) is 168 cm³/mol. The van der Waals surface area contributed by atoms with E-state index in [-0.39, 0.29) is 12.5 Å². The Hall–Kier alpha value is -2.03. The molecule has 9 nitrogen and oxygen atoms in total. The molecule has 0 spiro atoms. The van der Waals surface area contributed by atoms with Crippen molar-refractivity contribution >= 4 is 18.2 Å². The first kappa shape index (κ1) is 40.0. The van der Waals surface area contributed by atoms with Crippen LogP contribution in [0, 0.1) is 5.92 Å². The lowest BCUT2D eigenvalue weighted by Crippen LogP contribution is -2.51. The van der Waals surface area contributed by atoms with Gasteiger partial charge in [-0.15, -0.1) is 0 Å². The summed E-state index contributed by atoms with van der Waals surface area (Å²) in [4.78, 5) is 37.8. The van der Waals surface area contributed by atoms with E-state index < -0.39 is 47.6 Å². The van der Waals surface area contributed by atoms with Crippen molar-refractivity contribution in [2.24, 2.45) is 11.7 Å². The fourth-order valence-electron chi connectivity index (χ4n) is 4.34. The first-order valence-corrected chi connectivity index (χ1v) is 16.4. The summed E-state index contributed by atoms with van der Waals surface area (Å²) in [6.07, 6.45) is 13.9. The van der Waals surface area contributed by atoms with Crippen LogP contribution in [-0.4, -0.2) is 54.2 Å². The van der Waals surface area contributed by atoms with Gasteiger partial charge in [-0.1, -0.05) is 97.8 Å². The molecule has 42 heavy (non-hydrogen) atoms. The summed E-state index contributed by atoms with van der Waals surface area (Å²) >= 11 is 0. The van der Waals surface area contributed by atoms with Crippen LogP contribution in [0.15, 0.2) is 0 Å². The lowest BCUT2D eigenvalue weighted by atomic mass is 10.0. The highest BCUT2D eigenvalue weighted by Crippen LogP contribution is 2.19. The molecule has 0 aliphatic rings. The van der Waals surface area contributed by atoms with Gasteiger partial charge in [0.15, 0.2) is 0 Å². The first-order chi connectivity index (χ1) is 19.6. The van der Waals surface area contributed by atoms with Crippen LogP contribution >= 0.6 is 0 Å². The molecular formula is C33H64N2O7. The Labute approximate surface area is 256 Å². The molecule has 0 aromatic carbocycles. The zero-order valence-electron chi connectivity index (χ0n) is 28.4. The summed E-state index contributed by atoms with van der Waals surface area (Å²) in [5.74, 6) is -0.702. The molecule has 3 unspecified atom stereocenters. The van der Waals surface area contributed by atoms with E-state index in [1.807, 2.05) is 13.8 Å². The van der Waals surface area contributed by atoms with Gasteiger partial charge in [-0.25, -0.2) is 9.59 Å². The third-order valence-corrected chi connectivity index (χ3v) is 6.78. The van der Waals surface area contributed by atoms with E-state index in [0.29, 0.717) is 6.42 Å². The topological polar surface area (TPSA) is 126 Å². The number of hydrogen-bond donors (Lipinski definition) is 2. The molecule has 3 atom stereocenters. The van der Waals surface area contributed by atoms with Gasteiger partial charge in [0.2, 0.25) is 0 Å². The molecule has 0 radical (unpaired) electrons. The third-order valence-electron chi connectivity index (χ3n) is 6.78. The molecule has 0 saturated carbocycles. The van der Waals surface area contributed by atoms with Crippen LogP contribution < -0.4 is 11.1 Å². The van der Waals surface area contributed by atoms with Crippen molar-refractivity contribution in [2.75, 3.05) is 6.61 Å². The van der Waals surface area contributed by atoms with E-state index in [1.54, 1.807) is 41.5 Å². The fourth-order valence-corrected chi connectivity index (χ4v) is 4.34. The van der Waals surface area contributed by atoms with Crippen LogP contribution in [0.3, 0.4) is 0 Å². The van der Waals surface area contributed by atoms with Crippen molar-refractivity contribution in [3.05, 3.63) is 0 Å². The zero-order chi connectivity index (χ0) is 32.2. The number of rotatable bonds is 21. The molecule has 0 rings (SSSR count). The summed E-state index contributed by atoms with van der Waals surface area (Å²) in [7, 11) is 0. The molecule has 0 aromatic heterocycles. The largest absolute Gasteiger partial charge is 0.509 e. The summed E-state index contributed by atoms with van der Waals surface area (Å²) in [6, 6.07) is -1.65. The number of nitrogens with two attached hydrogens (primary N) is 1. The average molecular weight is 601 g/mol. The van der Waals surface area contributed by atoms with Crippen molar-refractivity contribution in [1.82, 2.24) is 5.32 Å². The van der Waals surface area contributed by atoms with Gasteiger partial charge in [-0.2, -0.15) is 0 Å². The number of esters is 1. The van der Waals surface area contributed by atoms with Crippen molar-refractivity contribution in [1.29, 1.82) is 0 Å². The van der Waals surface area contributed by atoms with Crippen LogP contribution in [0.4, 0.5) is 9.59 Å². The maximum Gasteiger partial charge on any atom is 0.509 e. The minimum absolute atomic E-state index is 0.116. The number of alkyl carbamates (subject to hydrolysis) is 1. The van der Waals surface area contributed by atoms with Gasteiger partial charge >= 0.3 is 18.2 Å². The van der Waals surface area contributed by atoms with Gasteiger partial charge in [0, 0.05) is 0 Å². The number of nitrogens with one attached hydrogen (secondary N) is 1. The average Bonchev–Trinajstić information content (AvgIpc) is 2.85. The lowest BCUT2D eigenvalue weighted by molar-refractivity contribution is -0.148. The summed E-state index contributed by atoms with van der Waals surface area (Å²) in [6.45, 7) is 16.2. The van der Waals surface area contributed by atoms with Crippen LogP contribution in [0.5, 0.6) is 0 Å². The third kappa shape index (κ3) is 22.6. The second kappa shape index (κ2) is 21.6. The van der Waals surface area contributed by atoms with E-state index in [0.717, 1.165) is 25.7 Å². The Kier molecular flexibility index (Phi) is 20.6. The molecule has 1 amide bonds. The maximum atomic E-state index is 12.7. The number of amides is 1. The van der Waals surface area contributed by atoms with Crippen LogP contribution in [0.1, 0.15) is 152 Å². The van der Waals surface area contributed by atoms with Gasteiger partial charge in [-0.3, -0.25) is 4.79 Å². The van der Waals surface area contributed by atoms with Gasteiger partial charge in [-0.05, 0) is 60.3 Å². The number of carbonyl (C=O) groups excluding carboxylic acids is 3. The normalized spacial score (nSPS) is 14.2. The van der Waals surface area contributed by atoms with Crippen molar-refractivity contribution < 1.29 is 33.3 Å². The van der Waals surface area contributed by atoms with Gasteiger partial charge in [0.25, 0.3) is 0 Å². The molecular weight excluding hydrogens is 536 g/mol. The van der Waals surface area contributed by atoms with E-state index in [4.69, 9.17) is 24.7 Å². The van der Waals surface area contributed by atoms with Gasteiger partial charge in [0.05, 0.1) is 0 Å². The standard InChI is InChI=1S/C33H64N2O7/c1-10-11-12-13-14-15-16-17-18-19-20-21-22-23-27(40-31(38)42-33(7,8)9)26(35-30(37)41-32(4,5)6)24-39-29(36)28(34)25(2)3/h25-28H,10-24,34H2,1-9H3,(H,35,37). The van der Waals surface area contributed by atoms with Crippen molar-refractivity contribution in [3.8, 4) is 0 Å². The predicted octanol–water partition coefficient (Wildman–Crippen LogP) is 8.21. The van der Waals surface area contributed by atoms with E-state index >= 15 is 0 Å². The number of unbranched alkanes of at least 4 members (excludes halogenated alkanes) is 12. The highest BCUT2D eigenvalue weighted by molar-refractivity contribution is 5.76. The molecule has 0 aliphatic carbocycles. The van der Waals surface area contributed by atoms with Gasteiger partial charge in [0.1, 0.15) is 36.0 Å². The Balaban J connectivity index is 5.15. The summed E-state index contributed by atoms with van der Waals surface area (Å²) in [5.41, 5.74) is 4.47. The maximum absolute atomic E-state index is 12.7. The minimum atomic E-state index is -0.844. The molecule has 0 saturated heterocycles. The highest BCUT2D eigenvalue weighted by Gasteiger charge is 2.32. The second-order valence-electron chi connectivity index (χ2n) is 13.8. The quantitative estimate of drug-likeness (QED) is 0.0767. The molecule has 9 heteroatoms. The molecule has 0 heterocycles. The van der Waals surface area contributed by atoms with E-state index in [2.05, 4.69) is 12.2 Å². The molecule has 0 bridgehead atoms. The Morgan fingerprint density at radius 2 is 1.17 bits per heavy atom. The second-order valence-corrected chi connectivity index (χ2v) is 13.8. The van der Waals surface area contributed by atoms with Gasteiger partial charge < -0.3 is 30.0 Å². The lowest BCUT2D eigenvalue weighted by Gasteiger charge is -2.30. The minimum Gasteiger partial charge on any atom is -0.462 e. The fraction of sp³-hybridized carbons (Fsp3) is 0.909. The Morgan fingerprint density at radius 3 is 1.60 bits per heavy atom. The molecule has 3 N–H and O–H groups in total. The monoisotopic (exact) mass is 600 g/mol. The number of ether oxygens (including phenoxy) is 4. The van der Waals surface area contributed by atoms with Crippen LogP contribution in [0.2, 0.25) is 0 Å². The summed E-state index contributed by atoms with van der Waals surface area (Å²) < 4.78 is 22.0. The molecule has 0 aromatic rings. The zero-order valence-corrected chi connectivity index (χ0v) is 28.4. The molecule has 0 aliphatic heterocycles. The number of hydrogen-bond acceptors (Lipinski definition) is 8. The van der Waals surface area contributed by atoms with Crippen molar-refractivity contribution in [2.45, 2.75) is 182 Å². The van der Waals surface area contributed by atoms with E-state index in [9.17, 15) is 14.4 Å². The SMILES string of the molecule is CCCCCCCCCCCCCCCC(OC(=O)OC(C)(C)C)C(COC(=O)C(N)C(C)C)NC(=O)OC(C)(C)C. The molecule has 0 fully saturated rings. The van der Waals surface area contributed by atoms with Crippen molar-refractivity contribution in [3.63, 3.8) is 0 Å². The summed E-state index contributed by atoms with van der Waals surface area (Å²) in [5, 5.41) is 2.75. The van der Waals surface area contributed by atoms with Crippen LogP contribution in [0.25, 0.3) is 0 Å². The Bertz CT molecular complexity index is 744.